The van der Waals surface area contributed by atoms with Crippen LogP contribution in [-0.2, 0) is 13.7 Å². The third-order valence-corrected chi connectivity index (χ3v) is 1.41. The summed E-state index contributed by atoms with van der Waals surface area (Å²) in [5.74, 6) is -1.12. The minimum atomic E-state index is -1.12. The summed E-state index contributed by atoms with van der Waals surface area (Å²) in [5, 5.41) is 17.2. The second-order valence-corrected chi connectivity index (χ2v) is 2.11. The third kappa shape index (κ3) is 1.22. The van der Waals surface area contributed by atoms with E-state index in [-0.39, 0.29) is 12.3 Å². The van der Waals surface area contributed by atoms with Crippen molar-refractivity contribution in [3.8, 4) is 0 Å². The van der Waals surface area contributed by atoms with E-state index >= 15 is 0 Å². The molecule has 2 N–H and O–H groups in total. The molecule has 0 atom stereocenters. The highest BCUT2D eigenvalue weighted by atomic mass is 16.4. The Morgan fingerprint density at radius 2 is 2.45 bits per heavy atom. The molecular formula is C6H8N2O3. The number of hydrogen-bond donors (Lipinski definition) is 2. The van der Waals surface area contributed by atoms with Crippen LogP contribution in [0.15, 0.2) is 6.33 Å². The van der Waals surface area contributed by atoms with Crippen molar-refractivity contribution in [1.29, 1.82) is 0 Å². The zero-order valence-electron chi connectivity index (χ0n) is 5.98. The van der Waals surface area contributed by atoms with Crippen LogP contribution in [0.4, 0.5) is 0 Å². The van der Waals surface area contributed by atoms with Crippen molar-refractivity contribution in [3.05, 3.63) is 17.7 Å². The summed E-state index contributed by atoms with van der Waals surface area (Å²) in [7, 11) is 1.63. The van der Waals surface area contributed by atoms with Gasteiger partial charge in [0.1, 0.15) is 0 Å². The van der Waals surface area contributed by atoms with E-state index in [0.29, 0.717) is 5.69 Å². The van der Waals surface area contributed by atoms with Crippen LogP contribution in [0, 0.1) is 0 Å². The summed E-state index contributed by atoms with van der Waals surface area (Å²) >= 11 is 0. The number of imidazole rings is 1. The Morgan fingerprint density at radius 3 is 2.82 bits per heavy atom. The summed E-state index contributed by atoms with van der Waals surface area (Å²) in [5.41, 5.74) is 0.229. The standard InChI is InChI=1S/C6H8N2O3/c1-8-3-7-5(6(10)11)4(8)2-9/h3,9H,2H2,1H3,(H,10,11). The van der Waals surface area contributed by atoms with Crippen LogP contribution in [0.25, 0.3) is 0 Å². The Kier molecular flexibility index (Phi) is 1.91. The van der Waals surface area contributed by atoms with E-state index in [9.17, 15) is 4.79 Å². The lowest BCUT2D eigenvalue weighted by Gasteiger charge is -1.96. The second kappa shape index (κ2) is 2.71. The normalized spacial score (nSPS) is 10.0. The average Bonchev–Trinajstić information content (AvgIpc) is 2.30. The Labute approximate surface area is 62.9 Å². The molecule has 0 saturated heterocycles. The molecule has 0 aliphatic carbocycles. The number of aliphatic hydroxyl groups is 1. The molecular weight excluding hydrogens is 148 g/mol. The van der Waals surface area contributed by atoms with Gasteiger partial charge in [-0.1, -0.05) is 0 Å². The summed E-state index contributed by atoms with van der Waals surface area (Å²) in [6.07, 6.45) is 1.36. The van der Waals surface area contributed by atoms with E-state index in [1.807, 2.05) is 0 Å². The molecule has 0 aliphatic heterocycles. The first-order chi connectivity index (χ1) is 5.16. The van der Waals surface area contributed by atoms with Crippen LogP contribution in [0.5, 0.6) is 0 Å². The van der Waals surface area contributed by atoms with Crippen molar-refractivity contribution in [2.24, 2.45) is 7.05 Å². The highest BCUT2D eigenvalue weighted by molar-refractivity contribution is 5.86. The molecule has 1 heterocycles. The fourth-order valence-corrected chi connectivity index (χ4v) is 0.821. The highest BCUT2D eigenvalue weighted by Gasteiger charge is 2.13. The Bertz CT molecular complexity index is 279. The molecule has 1 aromatic rings. The van der Waals surface area contributed by atoms with E-state index in [0.717, 1.165) is 0 Å². The van der Waals surface area contributed by atoms with E-state index in [2.05, 4.69) is 4.98 Å². The van der Waals surface area contributed by atoms with Crippen molar-refractivity contribution >= 4 is 5.97 Å². The number of nitrogens with zero attached hydrogens (tertiary/aromatic N) is 2. The van der Waals surface area contributed by atoms with Crippen molar-refractivity contribution in [2.45, 2.75) is 6.61 Å². The first-order valence-corrected chi connectivity index (χ1v) is 3.01. The number of aryl methyl sites for hydroxylation is 1. The number of carboxylic acids is 1. The molecule has 0 unspecified atom stereocenters. The molecule has 11 heavy (non-hydrogen) atoms. The Hall–Kier alpha value is -1.36. The van der Waals surface area contributed by atoms with E-state index in [1.54, 1.807) is 7.05 Å². The first kappa shape index (κ1) is 7.74. The molecule has 5 nitrogen and oxygen atoms in total. The second-order valence-electron chi connectivity index (χ2n) is 2.11. The van der Waals surface area contributed by atoms with Crippen LogP contribution < -0.4 is 0 Å². The molecule has 0 spiro atoms. The van der Waals surface area contributed by atoms with Crippen LogP contribution in [0.1, 0.15) is 16.2 Å². The largest absolute Gasteiger partial charge is 0.476 e. The van der Waals surface area contributed by atoms with E-state index in [4.69, 9.17) is 10.2 Å². The van der Waals surface area contributed by atoms with E-state index in [1.165, 1.54) is 10.9 Å². The molecule has 0 fully saturated rings. The van der Waals surface area contributed by atoms with Crippen molar-refractivity contribution < 1.29 is 15.0 Å². The van der Waals surface area contributed by atoms with Gasteiger partial charge in [0.15, 0.2) is 5.69 Å². The molecule has 5 heteroatoms. The monoisotopic (exact) mass is 156 g/mol. The van der Waals surface area contributed by atoms with Gasteiger partial charge in [-0.2, -0.15) is 0 Å². The van der Waals surface area contributed by atoms with Crippen LogP contribution in [0.3, 0.4) is 0 Å². The Balaban J connectivity index is 3.15. The smallest absolute Gasteiger partial charge is 0.356 e. The summed E-state index contributed by atoms with van der Waals surface area (Å²) < 4.78 is 1.48. The number of carboxylic acid groups (broad SMARTS) is 1. The molecule has 0 bridgehead atoms. The maximum absolute atomic E-state index is 10.4. The quantitative estimate of drug-likeness (QED) is 0.611. The first-order valence-electron chi connectivity index (χ1n) is 3.01. The maximum atomic E-state index is 10.4. The summed E-state index contributed by atoms with van der Waals surface area (Å²) in [4.78, 5) is 14.0. The van der Waals surface area contributed by atoms with Gasteiger partial charge in [-0.25, -0.2) is 9.78 Å². The maximum Gasteiger partial charge on any atom is 0.356 e. The predicted octanol–water partition coefficient (Wildman–Crippen LogP) is -0.389. The molecule has 0 amide bonds. The number of aromatic carboxylic acids is 1. The van der Waals surface area contributed by atoms with Gasteiger partial charge in [0.05, 0.1) is 18.6 Å². The fourth-order valence-electron chi connectivity index (χ4n) is 0.821. The van der Waals surface area contributed by atoms with Gasteiger partial charge in [0.25, 0.3) is 0 Å². The van der Waals surface area contributed by atoms with Crippen molar-refractivity contribution in [1.82, 2.24) is 9.55 Å². The van der Waals surface area contributed by atoms with Gasteiger partial charge in [0.2, 0.25) is 0 Å². The molecule has 0 radical (unpaired) electrons. The number of rotatable bonds is 2. The third-order valence-electron chi connectivity index (χ3n) is 1.41. The zero-order valence-corrected chi connectivity index (χ0v) is 5.98. The van der Waals surface area contributed by atoms with Gasteiger partial charge >= 0.3 is 5.97 Å². The van der Waals surface area contributed by atoms with Crippen LogP contribution in [-0.4, -0.2) is 25.7 Å². The highest BCUT2D eigenvalue weighted by Crippen LogP contribution is 2.04. The Morgan fingerprint density at radius 1 is 1.82 bits per heavy atom. The fraction of sp³-hybridized carbons (Fsp3) is 0.333. The number of carbonyl (C=O) groups is 1. The van der Waals surface area contributed by atoms with Crippen LogP contribution in [0.2, 0.25) is 0 Å². The summed E-state index contributed by atoms with van der Waals surface area (Å²) in [6, 6.07) is 0. The predicted molar refractivity (Wildman–Crippen MR) is 36.1 cm³/mol. The van der Waals surface area contributed by atoms with Crippen molar-refractivity contribution in [2.75, 3.05) is 0 Å². The van der Waals surface area contributed by atoms with Gasteiger partial charge in [0, 0.05) is 7.05 Å². The van der Waals surface area contributed by atoms with Gasteiger partial charge < -0.3 is 14.8 Å². The molecule has 60 valence electrons. The topological polar surface area (TPSA) is 75.4 Å². The van der Waals surface area contributed by atoms with E-state index < -0.39 is 5.97 Å². The lowest BCUT2D eigenvalue weighted by atomic mass is 10.3. The molecule has 0 saturated carbocycles. The molecule has 1 rings (SSSR count). The molecule has 0 aromatic carbocycles. The van der Waals surface area contributed by atoms with Gasteiger partial charge in [-0.3, -0.25) is 0 Å². The lowest BCUT2D eigenvalue weighted by molar-refractivity contribution is 0.0687. The summed E-state index contributed by atoms with van der Waals surface area (Å²) in [6.45, 7) is -0.307. The molecule has 0 aliphatic rings. The zero-order chi connectivity index (χ0) is 8.43. The van der Waals surface area contributed by atoms with Crippen molar-refractivity contribution in [3.63, 3.8) is 0 Å². The van der Waals surface area contributed by atoms with Gasteiger partial charge in [-0.15, -0.1) is 0 Å². The minimum Gasteiger partial charge on any atom is -0.476 e. The van der Waals surface area contributed by atoms with Gasteiger partial charge in [-0.05, 0) is 0 Å². The SMILES string of the molecule is Cn1cnc(C(=O)O)c1CO. The average molecular weight is 156 g/mol. The lowest BCUT2D eigenvalue weighted by Crippen LogP contribution is -2.04. The molecule has 1 aromatic heterocycles. The number of aliphatic hydroxyl groups excluding tert-OH is 1. The number of hydrogen-bond acceptors (Lipinski definition) is 3. The van der Waals surface area contributed by atoms with Crippen LogP contribution >= 0.6 is 0 Å². The number of aromatic nitrogens is 2. The minimum absolute atomic E-state index is 0.0880.